The Kier molecular flexibility index (Phi) is 2.64. The third-order valence-corrected chi connectivity index (χ3v) is 2.99. The predicted molar refractivity (Wildman–Crippen MR) is 55.6 cm³/mol. The normalized spacial score (nSPS) is 17.5. The van der Waals surface area contributed by atoms with E-state index in [1.807, 2.05) is 0 Å². The fourth-order valence-corrected chi connectivity index (χ4v) is 2.14. The minimum absolute atomic E-state index is 0.815. The standard InChI is InChI=1S/C10H13NOS/c1-8-4-5-9(13-8)10-11-6-2-3-7-12-10/h4-5H,2-3,6-7H2,1H3. The zero-order chi connectivity index (χ0) is 9.10. The van der Waals surface area contributed by atoms with Gasteiger partial charge in [0.15, 0.2) is 0 Å². The predicted octanol–water partition coefficient (Wildman–Crippen LogP) is 2.61. The minimum atomic E-state index is 0.815. The molecule has 0 N–H and O–H groups in total. The van der Waals surface area contributed by atoms with Gasteiger partial charge in [0.1, 0.15) is 0 Å². The Morgan fingerprint density at radius 1 is 1.38 bits per heavy atom. The van der Waals surface area contributed by atoms with Crippen LogP contribution in [0, 0.1) is 6.92 Å². The van der Waals surface area contributed by atoms with Crippen LogP contribution in [-0.2, 0) is 4.74 Å². The highest BCUT2D eigenvalue weighted by atomic mass is 32.1. The number of ether oxygens (including phenoxy) is 1. The summed E-state index contributed by atoms with van der Waals surface area (Å²) in [4.78, 5) is 6.89. The van der Waals surface area contributed by atoms with Crippen LogP contribution in [0.2, 0.25) is 0 Å². The molecule has 2 rings (SSSR count). The molecule has 0 bridgehead atoms. The summed E-state index contributed by atoms with van der Waals surface area (Å²) in [7, 11) is 0. The van der Waals surface area contributed by atoms with Crippen molar-refractivity contribution in [3.05, 3.63) is 21.9 Å². The van der Waals surface area contributed by atoms with Crippen molar-refractivity contribution in [1.82, 2.24) is 0 Å². The van der Waals surface area contributed by atoms with E-state index in [1.165, 1.54) is 9.75 Å². The second-order valence-electron chi connectivity index (χ2n) is 3.15. The van der Waals surface area contributed by atoms with Crippen molar-refractivity contribution in [3.8, 4) is 0 Å². The van der Waals surface area contributed by atoms with E-state index in [4.69, 9.17) is 4.74 Å². The zero-order valence-electron chi connectivity index (χ0n) is 7.75. The molecule has 0 amide bonds. The first kappa shape index (κ1) is 8.75. The SMILES string of the molecule is Cc1ccc(C2=NCCCCO2)s1. The summed E-state index contributed by atoms with van der Waals surface area (Å²) in [6.07, 6.45) is 2.27. The van der Waals surface area contributed by atoms with Crippen molar-refractivity contribution in [2.24, 2.45) is 4.99 Å². The molecule has 1 aromatic heterocycles. The van der Waals surface area contributed by atoms with E-state index >= 15 is 0 Å². The van der Waals surface area contributed by atoms with E-state index in [0.717, 1.165) is 31.9 Å². The Morgan fingerprint density at radius 3 is 3.08 bits per heavy atom. The molecular weight excluding hydrogens is 182 g/mol. The molecule has 1 aliphatic heterocycles. The Bertz CT molecular complexity index is 316. The highest BCUT2D eigenvalue weighted by Gasteiger charge is 2.09. The van der Waals surface area contributed by atoms with E-state index in [-0.39, 0.29) is 0 Å². The monoisotopic (exact) mass is 195 g/mol. The van der Waals surface area contributed by atoms with E-state index in [9.17, 15) is 0 Å². The maximum absolute atomic E-state index is 5.56. The number of thiophene rings is 1. The first-order valence-electron chi connectivity index (χ1n) is 4.60. The first-order chi connectivity index (χ1) is 6.36. The lowest BCUT2D eigenvalue weighted by Crippen LogP contribution is -2.03. The van der Waals surface area contributed by atoms with E-state index in [1.54, 1.807) is 11.3 Å². The van der Waals surface area contributed by atoms with Gasteiger partial charge in [-0.1, -0.05) is 0 Å². The third kappa shape index (κ3) is 2.10. The Labute approximate surface area is 82.3 Å². The van der Waals surface area contributed by atoms with Gasteiger partial charge in [-0.2, -0.15) is 0 Å². The molecule has 0 fully saturated rings. The average molecular weight is 195 g/mol. The number of nitrogens with zero attached hydrogens (tertiary/aromatic N) is 1. The van der Waals surface area contributed by atoms with Gasteiger partial charge < -0.3 is 4.74 Å². The Balaban J connectivity index is 2.19. The van der Waals surface area contributed by atoms with Crippen molar-refractivity contribution in [2.45, 2.75) is 19.8 Å². The van der Waals surface area contributed by atoms with E-state index in [2.05, 4.69) is 24.0 Å². The molecule has 1 aromatic rings. The topological polar surface area (TPSA) is 21.6 Å². The summed E-state index contributed by atoms with van der Waals surface area (Å²) in [5, 5.41) is 0. The number of rotatable bonds is 1. The lowest BCUT2D eigenvalue weighted by Gasteiger charge is -2.02. The van der Waals surface area contributed by atoms with Gasteiger partial charge in [-0.05, 0) is 31.9 Å². The molecule has 0 unspecified atom stereocenters. The van der Waals surface area contributed by atoms with Gasteiger partial charge in [0.05, 0.1) is 11.5 Å². The third-order valence-electron chi connectivity index (χ3n) is 2.00. The number of hydrogen-bond acceptors (Lipinski definition) is 3. The van der Waals surface area contributed by atoms with Crippen LogP contribution in [0.15, 0.2) is 17.1 Å². The summed E-state index contributed by atoms with van der Waals surface area (Å²) in [5.74, 6) is 0.843. The maximum atomic E-state index is 5.56. The van der Waals surface area contributed by atoms with Crippen LogP contribution in [0.1, 0.15) is 22.6 Å². The highest BCUT2D eigenvalue weighted by Crippen LogP contribution is 2.18. The summed E-state index contributed by atoms with van der Waals surface area (Å²) < 4.78 is 5.56. The molecule has 0 aromatic carbocycles. The van der Waals surface area contributed by atoms with Gasteiger partial charge in [0, 0.05) is 11.4 Å². The van der Waals surface area contributed by atoms with Crippen molar-refractivity contribution < 1.29 is 4.74 Å². The van der Waals surface area contributed by atoms with Crippen LogP contribution in [0.25, 0.3) is 0 Å². The fraction of sp³-hybridized carbons (Fsp3) is 0.500. The molecular formula is C10H13NOS. The maximum Gasteiger partial charge on any atom is 0.226 e. The van der Waals surface area contributed by atoms with Crippen molar-refractivity contribution in [3.63, 3.8) is 0 Å². The van der Waals surface area contributed by atoms with Crippen LogP contribution in [0.5, 0.6) is 0 Å². The van der Waals surface area contributed by atoms with Crippen molar-refractivity contribution in [1.29, 1.82) is 0 Å². The van der Waals surface area contributed by atoms with Crippen molar-refractivity contribution in [2.75, 3.05) is 13.2 Å². The lowest BCUT2D eigenvalue weighted by atomic mass is 10.3. The fourth-order valence-electron chi connectivity index (χ4n) is 1.31. The number of hydrogen-bond donors (Lipinski definition) is 0. The molecule has 13 heavy (non-hydrogen) atoms. The van der Waals surface area contributed by atoms with Gasteiger partial charge in [-0.25, -0.2) is 0 Å². The summed E-state index contributed by atoms with van der Waals surface area (Å²) >= 11 is 1.75. The van der Waals surface area contributed by atoms with Crippen LogP contribution < -0.4 is 0 Å². The average Bonchev–Trinajstić information content (AvgIpc) is 2.43. The molecule has 2 nitrogen and oxygen atoms in total. The van der Waals surface area contributed by atoms with Gasteiger partial charge in [0.25, 0.3) is 0 Å². The summed E-state index contributed by atoms with van der Waals surface area (Å²) in [6.45, 7) is 3.83. The first-order valence-corrected chi connectivity index (χ1v) is 5.42. The molecule has 0 saturated carbocycles. The second-order valence-corrected chi connectivity index (χ2v) is 4.44. The number of aliphatic imine (C=N–C) groups is 1. The molecule has 3 heteroatoms. The largest absolute Gasteiger partial charge is 0.477 e. The molecule has 2 heterocycles. The molecule has 0 radical (unpaired) electrons. The molecule has 70 valence electrons. The smallest absolute Gasteiger partial charge is 0.226 e. The Morgan fingerprint density at radius 2 is 2.31 bits per heavy atom. The van der Waals surface area contributed by atoms with Crippen LogP contribution in [-0.4, -0.2) is 19.0 Å². The highest BCUT2D eigenvalue weighted by molar-refractivity contribution is 7.13. The molecule has 0 saturated heterocycles. The number of aryl methyl sites for hydroxylation is 1. The van der Waals surface area contributed by atoms with Gasteiger partial charge >= 0.3 is 0 Å². The van der Waals surface area contributed by atoms with Crippen molar-refractivity contribution >= 4 is 17.2 Å². The quantitative estimate of drug-likeness (QED) is 0.675. The van der Waals surface area contributed by atoms with Crippen LogP contribution in [0.3, 0.4) is 0 Å². The molecule has 1 aliphatic rings. The lowest BCUT2D eigenvalue weighted by molar-refractivity contribution is 0.306. The molecule has 0 aliphatic carbocycles. The second kappa shape index (κ2) is 3.92. The van der Waals surface area contributed by atoms with Gasteiger partial charge in [-0.15, -0.1) is 11.3 Å². The van der Waals surface area contributed by atoms with Crippen LogP contribution in [0.4, 0.5) is 0 Å². The molecule has 0 atom stereocenters. The van der Waals surface area contributed by atoms with Gasteiger partial charge in [-0.3, -0.25) is 4.99 Å². The van der Waals surface area contributed by atoms with Gasteiger partial charge in [0.2, 0.25) is 5.90 Å². The summed E-state index contributed by atoms with van der Waals surface area (Å²) in [6, 6.07) is 4.20. The van der Waals surface area contributed by atoms with Crippen LogP contribution >= 0.6 is 11.3 Å². The molecule has 0 spiro atoms. The zero-order valence-corrected chi connectivity index (χ0v) is 8.56. The minimum Gasteiger partial charge on any atom is -0.477 e. The van der Waals surface area contributed by atoms with E-state index < -0.39 is 0 Å². The van der Waals surface area contributed by atoms with E-state index in [0.29, 0.717) is 0 Å². The summed E-state index contributed by atoms with van der Waals surface area (Å²) in [5.41, 5.74) is 0. The Hall–Kier alpha value is -0.830.